The fourth-order valence-corrected chi connectivity index (χ4v) is 4.22. The number of rotatable bonds is 6. The number of halogens is 1. The number of piperidine rings is 1. The minimum atomic E-state index is -0.830. The van der Waals surface area contributed by atoms with Gasteiger partial charge < -0.3 is 19.5 Å². The molecule has 7 nitrogen and oxygen atoms in total. The average Bonchev–Trinajstić information content (AvgIpc) is 3.28. The number of aryl methyl sites for hydroxylation is 1. The van der Waals surface area contributed by atoms with Crippen LogP contribution in [0.5, 0.6) is 5.75 Å². The van der Waals surface area contributed by atoms with E-state index < -0.39 is 11.9 Å². The molecule has 3 aromatic rings. The van der Waals surface area contributed by atoms with E-state index in [1.54, 1.807) is 30.5 Å². The second-order valence-corrected chi connectivity index (χ2v) is 8.19. The van der Waals surface area contributed by atoms with Crippen molar-refractivity contribution in [2.24, 2.45) is 0 Å². The topological polar surface area (TPSA) is 76.5 Å². The fraction of sp³-hybridized carbons (Fsp3) is 0.269. The number of carbonyl (C=O) groups is 2. The highest BCUT2D eigenvalue weighted by Crippen LogP contribution is 2.31. The molecule has 2 amide bonds. The Morgan fingerprint density at radius 2 is 2.00 bits per heavy atom. The molecule has 1 fully saturated rings. The number of amides is 2. The molecule has 0 saturated carbocycles. The maximum absolute atomic E-state index is 13.5. The first-order valence-electron chi connectivity index (χ1n) is 11.1. The number of nitrogens with one attached hydrogen (secondary N) is 1. The van der Waals surface area contributed by atoms with E-state index in [1.807, 2.05) is 42.0 Å². The Hall–Kier alpha value is -3.94. The minimum Gasteiger partial charge on any atom is -0.495 e. The summed E-state index contributed by atoms with van der Waals surface area (Å²) < 4.78 is 20.9. The number of likely N-dealkylation sites (tertiary alicyclic amines) is 1. The molecule has 1 aliphatic rings. The van der Waals surface area contributed by atoms with Crippen molar-refractivity contribution >= 4 is 17.9 Å². The Bertz CT molecular complexity index is 1230. The van der Waals surface area contributed by atoms with E-state index >= 15 is 0 Å². The normalized spacial score (nSPS) is 15.9. The highest BCUT2D eigenvalue weighted by atomic mass is 19.1. The molecule has 1 unspecified atom stereocenters. The van der Waals surface area contributed by atoms with E-state index in [1.165, 1.54) is 19.2 Å². The van der Waals surface area contributed by atoms with Gasteiger partial charge >= 0.3 is 0 Å². The molecule has 2 heterocycles. The average molecular weight is 463 g/mol. The molecule has 1 N–H and O–H groups in total. The summed E-state index contributed by atoms with van der Waals surface area (Å²) in [6.07, 6.45) is 6.79. The number of hydrogen-bond acceptors (Lipinski definition) is 4. The molecular formula is C26H27FN4O3. The van der Waals surface area contributed by atoms with Crippen LogP contribution in [-0.2, 0) is 9.59 Å². The molecular weight excluding hydrogens is 435 g/mol. The van der Waals surface area contributed by atoms with Gasteiger partial charge in [0.25, 0.3) is 5.91 Å². The molecule has 34 heavy (non-hydrogen) atoms. The Morgan fingerprint density at radius 1 is 1.24 bits per heavy atom. The summed E-state index contributed by atoms with van der Waals surface area (Å²) in [4.78, 5) is 32.0. The highest BCUT2D eigenvalue weighted by molar-refractivity contribution is 6.01. The van der Waals surface area contributed by atoms with Crippen LogP contribution in [0.1, 0.15) is 35.7 Å². The van der Waals surface area contributed by atoms with Crippen LogP contribution in [0, 0.1) is 12.7 Å². The number of benzene rings is 2. The second kappa shape index (κ2) is 9.91. The van der Waals surface area contributed by atoms with E-state index in [0.29, 0.717) is 29.9 Å². The van der Waals surface area contributed by atoms with Crippen LogP contribution in [0.25, 0.3) is 11.8 Å². The Morgan fingerprint density at radius 3 is 2.65 bits per heavy atom. The molecule has 4 rings (SSSR count). The van der Waals surface area contributed by atoms with Gasteiger partial charge in [-0.15, -0.1) is 0 Å². The Labute approximate surface area is 197 Å². The van der Waals surface area contributed by atoms with Crippen molar-refractivity contribution in [3.8, 4) is 11.4 Å². The number of imidazole rings is 1. The monoisotopic (exact) mass is 462 g/mol. The van der Waals surface area contributed by atoms with Gasteiger partial charge in [-0.25, -0.2) is 9.37 Å². The molecule has 1 saturated heterocycles. The van der Waals surface area contributed by atoms with Crippen LogP contribution in [-0.4, -0.2) is 47.0 Å². The van der Waals surface area contributed by atoms with E-state index in [0.717, 1.165) is 23.4 Å². The summed E-state index contributed by atoms with van der Waals surface area (Å²) in [6, 6.07) is 10.6. The van der Waals surface area contributed by atoms with Gasteiger partial charge in [0.15, 0.2) is 0 Å². The lowest BCUT2D eigenvalue weighted by molar-refractivity contribution is -0.139. The third-order valence-electron chi connectivity index (χ3n) is 5.91. The van der Waals surface area contributed by atoms with Crippen LogP contribution < -0.4 is 10.1 Å². The van der Waals surface area contributed by atoms with Crippen molar-refractivity contribution in [2.75, 3.05) is 20.7 Å². The third-order valence-corrected chi connectivity index (χ3v) is 5.91. The van der Waals surface area contributed by atoms with Crippen molar-refractivity contribution in [2.45, 2.75) is 25.8 Å². The van der Waals surface area contributed by atoms with E-state index in [4.69, 9.17) is 4.74 Å². The highest BCUT2D eigenvalue weighted by Gasteiger charge is 2.34. The molecule has 8 heteroatoms. The number of nitrogens with zero attached hydrogens (tertiary/aromatic N) is 3. The van der Waals surface area contributed by atoms with Gasteiger partial charge in [0.2, 0.25) is 5.91 Å². The quantitative estimate of drug-likeness (QED) is 0.565. The number of ether oxygens (including phenoxy) is 1. The van der Waals surface area contributed by atoms with Gasteiger partial charge in [0, 0.05) is 25.4 Å². The number of methoxy groups -OCH3 is 1. The SMILES string of the molecule is CNC(=O)C(c1ccc(F)cc1)N1CCCC(=Cc2ccc(-n3cnc(C)c3)c(OC)c2)C1=O. The summed E-state index contributed by atoms with van der Waals surface area (Å²) >= 11 is 0. The first kappa shape index (κ1) is 23.2. The van der Waals surface area contributed by atoms with Gasteiger partial charge in [-0.05, 0) is 61.2 Å². The maximum Gasteiger partial charge on any atom is 0.250 e. The van der Waals surface area contributed by atoms with Crippen LogP contribution in [0.4, 0.5) is 4.39 Å². The first-order chi connectivity index (χ1) is 16.4. The number of likely N-dealkylation sites (N-methyl/N-ethyl adjacent to an activating group) is 1. The molecule has 0 radical (unpaired) electrons. The van der Waals surface area contributed by atoms with Crippen molar-refractivity contribution in [3.63, 3.8) is 0 Å². The predicted molar refractivity (Wildman–Crippen MR) is 127 cm³/mol. The van der Waals surface area contributed by atoms with Crippen LogP contribution >= 0.6 is 0 Å². The van der Waals surface area contributed by atoms with Crippen molar-refractivity contribution in [1.29, 1.82) is 0 Å². The lowest BCUT2D eigenvalue weighted by atomic mass is 9.96. The number of carbonyl (C=O) groups excluding carboxylic acids is 2. The molecule has 176 valence electrons. The Balaban J connectivity index is 1.65. The third kappa shape index (κ3) is 4.71. The van der Waals surface area contributed by atoms with Gasteiger partial charge in [-0.2, -0.15) is 0 Å². The second-order valence-electron chi connectivity index (χ2n) is 8.19. The van der Waals surface area contributed by atoms with Crippen molar-refractivity contribution in [3.05, 3.63) is 83.2 Å². The van der Waals surface area contributed by atoms with Gasteiger partial charge in [-0.1, -0.05) is 18.2 Å². The zero-order valence-corrected chi connectivity index (χ0v) is 19.4. The molecule has 2 aromatic carbocycles. The summed E-state index contributed by atoms with van der Waals surface area (Å²) in [5.41, 5.74) is 3.74. The predicted octanol–water partition coefficient (Wildman–Crippen LogP) is 3.82. The van der Waals surface area contributed by atoms with E-state index in [9.17, 15) is 14.0 Å². The van der Waals surface area contributed by atoms with E-state index in [-0.39, 0.29) is 11.8 Å². The van der Waals surface area contributed by atoms with Gasteiger partial charge in [0.05, 0.1) is 24.8 Å². The first-order valence-corrected chi connectivity index (χ1v) is 11.1. The van der Waals surface area contributed by atoms with Gasteiger partial charge in [0.1, 0.15) is 17.6 Å². The van der Waals surface area contributed by atoms with Crippen LogP contribution in [0.3, 0.4) is 0 Å². The molecule has 1 aliphatic heterocycles. The zero-order chi connectivity index (χ0) is 24.2. The summed E-state index contributed by atoms with van der Waals surface area (Å²) in [7, 11) is 3.13. The summed E-state index contributed by atoms with van der Waals surface area (Å²) in [5.74, 6) is -0.269. The molecule has 1 aromatic heterocycles. The number of aromatic nitrogens is 2. The lowest BCUT2D eigenvalue weighted by Gasteiger charge is -2.35. The standard InChI is InChI=1S/C26H27FN4O3/c1-17-15-30(16-29-17)22-11-6-18(14-23(22)34-3)13-20-5-4-12-31(26(20)33)24(25(32)28-2)19-7-9-21(27)10-8-19/h6-11,13-16,24H,4-5,12H2,1-3H3,(H,28,32). The molecule has 0 spiro atoms. The van der Waals surface area contributed by atoms with Crippen LogP contribution in [0.2, 0.25) is 0 Å². The summed E-state index contributed by atoms with van der Waals surface area (Å²) in [6.45, 7) is 2.36. The van der Waals surface area contributed by atoms with Crippen LogP contribution in [0.15, 0.2) is 60.6 Å². The minimum absolute atomic E-state index is 0.211. The van der Waals surface area contributed by atoms with Gasteiger partial charge in [-0.3, -0.25) is 9.59 Å². The Kier molecular flexibility index (Phi) is 6.77. The fourth-order valence-electron chi connectivity index (χ4n) is 4.22. The summed E-state index contributed by atoms with van der Waals surface area (Å²) in [5, 5.41) is 2.63. The number of hydrogen-bond donors (Lipinski definition) is 1. The zero-order valence-electron chi connectivity index (χ0n) is 19.4. The van der Waals surface area contributed by atoms with Crippen molar-refractivity contribution in [1.82, 2.24) is 19.8 Å². The molecule has 0 aliphatic carbocycles. The lowest BCUT2D eigenvalue weighted by Crippen LogP contribution is -2.45. The molecule has 0 bridgehead atoms. The van der Waals surface area contributed by atoms with Crippen molar-refractivity contribution < 1.29 is 18.7 Å². The van der Waals surface area contributed by atoms with E-state index in [2.05, 4.69) is 10.3 Å². The molecule has 1 atom stereocenters. The smallest absolute Gasteiger partial charge is 0.250 e. The maximum atomic E-state index is 13.5. The largest absolute Gasteiger partial charge is 0.495 e.